The minimum absolute atomic E-state index is 0.189. The Balaban J connectivity index is 1.31. The Morgan fingerprint density at radius 2 is 2.13 bits per heavy atom. The summed E-state index contributed by atoms with van der Waals surface area (Å²) in [7, 11) is 1.62. The maximum Gasteiger partial charge on any atom is 0.263 e. The van der Waals surface area contributed by atoms with Gasteiger partial charge in [0.15, 0.2) is 0 Å². The minimum Gasteiger partial charge on any atom is -0.494 e. The third-order valence-electron chi connectivity index (χ3n) is 6.17. The van der Waals surface area contributed by atoms with Crippen molar-refractivity contribution in [3.63, 3.8) is 0 Å². The fraction of sp³-hybridized carbons (Fsp3) is 0.348. The van der Waals surface area contributed by atoms with Crippen molar-refractivity contribution in [2.45, 2.75) is 25.4 Å². The number of hydrogen-bond donors (Lipinski definition) is 2. The van der Waals surface area contributed by atoms with Crippen LogP contribution in [0.2, 0.25) is 0 Å². The van der Waals surface area contributed by atoms with E-state index in [2.05, 4.69) is 15.7 Å². The summed E-state index contributed by atoms with van der Waals surface area (Å²) in [5, 5.41) is 10.7. The molecule has 0 radical (unpaired) electrons. The number of amides is 1. The van der Waals surface area contributed by atoms with Crippen molar-refractivity contribution in [1.82, 2.24) is 25.0 Å². The van der Waals surface area contributed by atoms with Gasteiger partial charge in [-0.1, -0.05) is 12.1 Å². The molecular weight excluding hydrogens is 394 g/mol. The van der Waals surface area contributed by atoms with Crippen molar-refractivity contribution >= 4 is 5.91 Å². The maximum atomic E-state index is 13.0. The smallest absolute Gasteiger partial charge is 0.263 e. The Bertz CT molecular complexity index is 1180. The third kappa shape index (κ3) is 3.63. The Hall–Kier alpha value is -3.39. The molecule has 0 unspecified atom stereocenters. The Morgan fingerprint density at radius 3 is 3.00 bits per heavy atom. The number of hydrogen-bond acceptors (Lipinski definition) is 5. The molecular formula is C23H25N5O3. The van der Waals surface area contributed by atoms with Crippen molar-refractivity contribution in [3.05, 3.63) is 76.0 Å². The van der Waals surface area contributed by atoms with Gasteiger partial charge >= 0.3 is 0 Å². The lowest BCUT2D eigenvalue weighted by molar-refractivity contribution is 0.0948. The number of nitrogens with zero attached hydrogens (tertiary/aromatic N) is 3. The lowest BCUT2D eigenvalue weighted by atomic mass is 9.84. The number of para-hydroxylation sites is 2. The average Bonchev–Trinajstić information content (AvgIpc) is 3.27. The van der Waals surface area contributed by atoms with E-state index in [1.807, 2.05) is 36.5 Å². The van der Waals surface area contributed by atoms with Crippen molar-refractivity contribution < 1.29 is 9.53 Å². The molecule has 8 heteroatoms. The van der Waals surface area contributed by atoms with Gasteiger partial charge in [-0.2, -0.15) is 5.10 Å². The van der Waals surface area contributed by atoms with Crippen LogP contribution >= 0.6 is 0 Å². The standard InChI is InChI=1S/C23H25N5O3/c1-31-21-5-3-2-4-20(21)28-14-16(11-26-28)10-25-22(29)18-6-7-19-17-8-15(9-24-12-17)13-27(19)23(18)30/h2-7,11,14-15,17,24H,8-10,12-13H2,1H3,(H,25,29)/t15-,17+/m0/s1. The Labute approximate surface area is 179 Å². The van der Waals surface area contributed by atoms with Crippen LogP contribution in [-0.2, 0) is 13.1 Å². The highest BCUT2D eigenvalue weighted by atomic mass is 16.5. The zero-order valence-corrected chi connectivity index (χ0v) is 17.4. The molecule has 5 rings (SSSR count). The van der Waals surface area contributed by atoms with Crippen LogP contribution in [0.1, 0.15) is 34.0 Å². The summed E-state index contributed by atoms with van der Waals surface area (Å²) in [6.45, 7) is 2.77. The van der Waals surface area contributed by atoms with E-state index in [1.54, 1.807) is 28.6 Å². The molecule has 3 aromatic rings. The molecule has 1 aromatic carbocycles. The first kappa shape index (κ1) is 19.6. The summed E-state index contributed by atoms with van der Waals surface area (Å²) in [4.78, 5) is 25.8. The number of benzene rings is 1. The van der Waals surface area contributed by atoms with Gasteiger partial charge in [-0.25, -0.2) is 4.68 Å². The van der Waals surface area contributed by atoms with Crippen LogP contribution in [0.4, 0.5) is 0 Å². The van der Waals surface area contributed by atoms with Crippen LogP contribution in [0.3, 0.4) is 0 Å². The normalized spacial score (nSPS) is 19.5. The van der Waals surface area contributed by atoms with Gasteiger partial charge in [-0.05, 0) is 43.1 Å². The minimum atomic E-state index is -0.362. The molecule has 2 aliphatic rings. The molecule has 0 spiro atoms. The zero-order valence-electron chi connectivity index (χ0n) is 17.4. The van der Waals surface area contributed by atoms with Gasteiger partial charge in [-0.3, -0.25) is 9.59 Å². The topological polar surface area (TPSA) is 90.2 Å². The van der Waals surface area contributed by atoms with Gasteiger partial charge < -0.3 is 19.9 Å². The fourth-order valence-corrected chi connectivity index (χ4v) is 4.64. The van der Waals surface area contributed by atoms with Crippen molar-refractivity contribution in [2.24, 2.45) is 5.92 Å². The molecule has 2 atom stereocenters. The molecule has 2 aliphatic heterocycles. The Kier molecular flexibility index (Phi) is 5.07. The van der Waals surface area contributed by atoms with Gasteiger partial charge in [0, 0.05) is 43.0 Å². The first-order chi connectivity index (χ1) is 15.1. The molecule has 2 N–H and O–H groups in total. The van der Waals surface area contributed by atoms with Gasteiger partial charge in [0.05, 0.1) is 13.3 Å². The second-order valence-corrected chi connectivity index (χ2v) is 8.19. The summed E-state index contributed by atoms with van der Waals surface area (Å²) in [6, 6.07) is 11.2. The second kappa shape index (κ2) is 8.03. The molecule has 2 aromatic heterocycles. The SMILES string of the molecule is COc1ccccc1-n1cc(CNC(=O)c2ccc3n(c2=O)C[C@@H]2CNC[C@H]3C2)cn1. The molecule has 160 valence electrons. The molecule has 0 aliphatic carbocycles. The van der Waals surface area contributed by atoms with E-state index < -0.39 is 0 Å². The quantitative estimate of drug-likeness (QED) is 0.657. The first-order valence-corrected chi connectivity index (χ1v) is 10.5. The first-order valence-electron chi connectivity index (χ1n) is 10.5. The van der Waals surface area contributed by atoms with E-state index in [0.717, 1.165) is 36.5 Å². The van der Waals surface area contributed by atoms with E-state index >= 15 is 0 Å². The number of methoxy groups -OCH3 is 1. The highest BCUT2D eigenvalue weighted by Crippen LogP contribution is 2.31. The third-order valence-corrected chi connectivity index (χ3v) is 6.17. The van der Waals surface area contributed by atoms with Gasteiger partial charge in [-0.15, -0.1) is 0 Å². The summed E-state index contributed by atoms with van der Waals surface area (Å²) >= 11 is 0. The zero-order chi connectivity index (χ0) is 21.4. The summed E-state index contributed by atoms with van der Waals surface area (Å²) in [6.07, 6.45) is 4.64. The van der Waals surface area contributed by atoms with Crippen LogP contribution in [0.25, 0.3) is 5.69 Å². The van der Waals surface area contributed by atoms with Crippen molar-refractivity contribution in [2.75, 3.05) is 20.2 Å². The number of pyridine rings is 1. The molecule has 0 saturated carbocycles. The second-order valence-electron chi connectivity index (χ2n) is 8.19. The molecule has 31 heavy (non-hydrogen) atoms. The Morgan fingerprint density at radius 1 is 1.26 bits per heavy atom. The van der Waals surface area contributed by atoms with E-state index in [9.17, 15) is 9.59 Å². The van der Waals surface area contributed by atoms with Crippen LogP contribution < -0.4 is 20.9 Å². The molecule has 1 saturated heterocycles. The lowest BCUT2D eigenvalue weighted by Gasteiger charge is -2.37. The van der Waals surface area contributed by atoms with E-state index in [1.165, 1.54) is 0 Å². The number of fused-ring (bicyclic) bond motifs is 4. The van der Waals surface area contributed by atoms with Crippen molar-refractivity contribution in [3.8, 4) is 11.4 Å². The van der Waals surface area contributed by atoms with Crippen LogP contribution in [0.15, 0.2) is 53.6 Å². The molecule has 1 amide bonds. The summed E-state index contributed by atoms with van der Waals surface area (Å²) < 4.78 is 8.89. The van der Waals surface area contributed by atoms with Gasteiger partial charge in [0.1, 0.15) is 17.0 Å². The number of ether oxygens (including phenoxy) is 1. The number of aromatic nitrogens is 3. The monoisotopic (exact) mass is 419 g/mol. The van der Waals surface area contributed by atoms with E-state index in [4.69, 9.17) is 4.74 Å². The lowest BCUT2D eigenvalue weighted by Crippen LogP contribution is -2.46. The molecule has 8 nitrogen and oxygen atoms in total. The van der Waals surface area contributed by atoms with Crippen molar-refractivity contribution in [1.29, 1.82) is 0 Å². The predicted octanol–water partition coefficient (Wildman–Crippen LogP) is 1.68. The number of piperidine rings is 1. The average molecular weight is 419 g/mol. The molecule has 4 heterocycles. The number of carbonyl (C=O) groups excluding carboxylic acids is 1. The fourth-order valence-electron chi connectivity index (χ4n) is 4.64. The number of rotatable bonds is 5. The summed E-state index contributed by atoms with van der Waals surface area (Å²) in [5.74, 6) is 1.14. The van der Waals surface area contributed by atoms with Crippen LogP contribution in [-0.4, -0.2) is 40.5 Å². The summed E-state index contributed by atoms with van der Waals surface area (Å²) in [5.41, 5.74) is 2.67. The number of nitrogens with one attached hydrogen (secondary N) is 2. The van der Waals surface area contributed by atoms with E-state index in [0.29, 0.717) is 24.1 Å². The number of carbonyl (C=O) groups is 1. The van der Waals surface area contributed by atoms with E-state index in [-0.39, 0.29) is 23.6 Å². The molecule has 1 fully saturated rings. The van der Waals surface area contributed by atoms with Crippen LogP contribution in [0, 0.1) is 5.92 Å². The van der Waals surface area contributed by atoms with Crippen LogP contribution in [0.5, 0.6) is 5.75 Å². The highest BCUT2D eigenvalue weighted by Gasteiger charge is 2.31. The van der Waals surface area contributed by atoms with Gasteiger partial charge in [0.25, 0.3) is 11.5 Å². The largest absolute Gasteiger partial charge is 0.494 e. The highest BCUT2D eigenvalue weighted by molar-refractivity contribution is 5.93. The molecule has 2 bridgehead atoms. The maximum absolute atomic E-state index is 13.0. The van der Waals surface area contributed by atoms with Gasteiger partial charge in [0.2, 0.25) is 0 Å². The predicted molar refractivity (Wildman–Crippen MR) is 116 cm³/mol.